The number of para-hydroxylation sites is 1. The van der Waals surface area contributed by atoms with Gasteiger partial charge < -0.3 is 14.4 Å². The molecule has 0 aliphatic carbocycles. The third-order valence-electron chi connectivity index (χ3n) is 4.27. The molecule has 1 fully saturated rings. The lowest BCUT2D eigenvalue weighted by Crippen LogP contribution is -2.47. The van der Waals surface area contributed by atoms with E-state index in [4.69, 9.17) is 9.47 Å². The van der Waals surface area contributed by atoms with Crippen LogP contribution in [0.15, 0.2) is 36.4 Å². The molecule has 2 aromatic rings. The average molecular weight is 313 g/mol. The molecule has 1 saturated heterocycles. The van der Waals surface area contributed by atoms with Gasteiger partial charge in [0.2, 0.25) is 0 Å². The Hall–Kier alpha value is -2.34. The number of ether oxygens (including phenoxy) is 2. The summed E-state index contributed by atoms with van der Waals surface area (Å²) in [5.41, 5.74) is 1.42. The van der Waals surface area contributed by atoms with E-state index in [9.17, 15) is 4.79 Å². The van der Waals surface area contributed by atoms with E-state index in [1.807, 2.05) is 41.3 Å². The van der Waals surface area contributed by atoms with E-state index in [1.165, 1.54) is 0 Å². The molecule has 0 bridgehead atoms. The second-order valence-electron chi connectivity index (χ2n) is 5.88. The summed E-state index contributed by atoms with van der Waals surface area (Å²) >= 11 is 0. The molecule has 2 aliphatic rings. The Labute approximate surface area is 134 Å². The summed E-state index contributed by atoms with van der Waals surface area (Å²) in [6, 6.07) is 11.4. The number of nitrogens with zero attached hydrogens (tertiary/aromatic N) is 3. The third kappa shape index (κ3) is 2.94. The molecule has 0 N–H and O–H groups in total. The molecule has 4 rings (SSSR count). The number of rotatable bonds is 5. The van der Waals surface area contributed by atoms with Crippen molar-refractivity contribution in [1.29, 1.82) is 0 Å². The van der Waals surface area contributed by atoms with E-state index in [1.54, 1.807) is 4.68 Å². The zero-order chi connectivity index (χ0) is 15.6. The highest BCUT2D eigenvalue weighted by Crippen LogP contribution is 2.19. The number of carbonyl (C=O) groups is 1. The van der Waals surface area contributed by atoms with Crippen LogP contribution in [0.3, 0.4) is 0 Å². The molecular weight excluding hydrogens is 294 g/mol. The summed E-state index contributed by atoms with van der Waals surface area (Å²) in [5.74, 6) is 0.832. The van der Waals surface area contributed by atoms with Gasteiger partial charge in [-0.3, -0.25) is 9.48 Å². The fourth-order valence-electron chi connectivity index (χ4n) is 2.88. The van der Waals surface area contributed by atoms with Gasteiger partial charge in [0.05, 0.1) is 12.6 Å². The van der Waals surface area contributed by atoms with Crippen molar-refractivity contribution in [2.24, 2.45) is 0 Å². The van der Waals surface area contributed by atoms with Crippen LogP contribution in [0.1, 0.15) is 22.6 Å². The summed E-state index contributed by atoms with van der Waals surface area (Å²) in [6.45, 7) is 3.26. The van der Waals surface area contributed by atoms with Crippen molar-refractivity contribution in [3.05, 3.63) is 47.8 Å². The molecule has 6 nitrogen and oxygen atoms in total. The molecule has 6 heteroatoms. The second-order valence-corrected chi connectivity index (χ2v) is 5.88. The quantitative estimate of drug-likeness (QED) is 0.843. The molecule has 1 aromatic carbocycles. The van der Waals surface area contributed by atoms with Gasteiger partial charge in [0.25, 0.3) is 5.91 Å². The third-order valence-corrected chi connectivity index (χ3v) is 4.27. The molecule has 1 amide bonds. The highest BCUT2D eigenvalue weighted by molar-refractivity contribution is 5.93. The van der Waals surface area contributed by atoms with Gasteiger partial charge in [-0.25, -0.2) is 0 Å². The lowest BCUT2D eigenvalue weighted by atomic mass is 10.1. The summed E-state index contributed by atoms with van der Waals surface area (Å²) < 4.78 is 12.9. The van der Waals surface area contributed by atoms with Crippen molar-refractivity contribution >= 4 is 5.91 Å². The van der Waals surface area contributed by atoms with Gasteiger partial charge in [0.1, 0.15) is 23.7 Å². The zero-order valence-electron chi connectivity index (χ0n) is 12.9. The first kappa shape index (κ1) is 14.3. The first-order valence-corrected chi connectivity index (χ1v) is 7.95. The maximum absolute atomic E-state index is 12.5. The molecule has 120 valence electrons. The molecule has 1 atom stereocenters. The number of fused-ring (bicyclic) bond motifs is 1. The molecule has 0 spiro atoms. The van der Waals surface area contributed by atoms with Crippen molar-refractivity contribution in [2.75, 3.05) is 19.7 Å². The Bertz CT molecular complexity index is 694. The first-order valence-electron chi connectivity index (χ1n) is 7.95. The fraction of sp³-hybridized carbons (Fsp3) is 0.412. The normalized spacial score (nSPS) is 20.1. The maximum atomic E-state index is 12.5. The van der Waals surface area contributed by atoms with Crippen LogP contribution in [-0.2, 0) is 17.9 Å². The number of carbonyl (C=O) groups excluding carboxylic acids is 1. The number of benzene rings is 1. The lowest BCUT2D eigenvalue weighted by molar-refractivity contribution is -0.0640. The Kier molecular flexibility index (Phi) is 3.75. The molecule has 23 heavy (non-hydrogen) atoms. The molecule has 2 aliphatic heterocycles. The second kappa shape index (κ2) is 6.04. The zero-order valence-corrected chi connectivity index (χ0v) is 12.9. The summed E-state index contributed by atoms with van der Waals surface area (Å²) in [6.07, 6.45) is 1.24. The Balaban J connectivity index is 1.42. The van der Waals surface area contributed by atoms with Gasteiger partial charge in [-0.2, -0.15) is 5.10 Å². The largest absolute Gasteiger partial charge is 0.487 e. The van der Waals surface area contributed by atoms with Crippen LogP contribution in [-0.4, -0.2) is 46.4 Å². The van der Waals surface area contributed by atoms with Gasteiger partial charge in [-0.15, -0.1) is 0 Å². The SMILES string of the molecule is O=C1c2cc(COc3ccccc3)nn2CCN1CC1CCO1. The molecule has 0 radical (unpaired) electrons. The molecule has 3 heterocycles. The van der Waals surface area contributed by atoms with E-state index in [0.717, 1.165) is 31.0 Å². The summed E-state index contributed by atoms with van der Waals surface area (Å²) in [4.78, 5) is 14.4. The van der Waals surface area contributed by atoms with E-state index < -0.39 is 0 Å². The van der Waals surface area contributed by atoms with E-state index >= 15 is 0 Å². The van der Waals surface area contributed by atoms with Crippen LogP contribution in [0, 0.1) is 0 Å². The average Bonchev–Trinajstić information content (AvgIpc) is 2.96. The van der Waals surface area contributed by atoms with Crippen LogP contribution in [0.25, 0.3) is 0 Å². The van der Waals surface area contributed by atoms with Gasteiger partial charge >= 0.3 is 0 Å². The van der Waals surface area contributed by atoms with E-state index in [2.05, 4.69) is 5.10 Å². The van der Waals surface area contributed by atoms with Crippen molar-refractivity contribution in [2.45, 2.75) is 25.7 Å². The van der Waals surface area contributed by atoms with Crippen molar-refractivity contribution < 1.29 is 14.3 Å². The minimum Gasteiger partial charge on any atom is -0.487 e. The van der Waals surface area contributed by atoms with Crippen LogP contribution >= 0.6 is 0 Å². The highest BCUT2D eigenvalue weighted by atomic mass is 16.5. The minimum atomic E-state index is 0.0326. The predicted octanol–water partition coefficient (Wildman–Crippen LogP) is 1.71. The van der Waals surface area contributed by atoms with Crippen molar-refractivity contribution in [3.63, 3.8) is 0 Å². The van der Waals surface area contributed by atoms with E-state index in [0.29, 0.717) is 25.4 Å². The Morgan fingerprint density at radius 3 is 2.83 bits per heavy atom. The summed E-state index contributed by atoms with van der Waals surface area (Å²) in [7, 11) is 0. The van der Waals surface area contributed by atoms with E-state index in [-0.39, 0.29) is 12.0 Å². The standard InChI is InChI=1S/C17H19N3O3/c21-17-16-10-13(12-23-14-4-2-1-3-5-14)18-20(16)8-7-19(17)11-15-6-9-22-15/h1-5,10,15H,6-9,11-12H2. The first-order chi connectivity index (χ1) is 11.3. The Morgan fingerprint density at radius 1 is 1.26 bits per heavy atom. The maximum Gasteiger partial charge on any atom is 0.272 e. The van der Waals surface area contributed by atoms with Crippen LogP contribution in [0.2, 0.25) is 0 Å². The van der Waals surface area contributed by atoms with Crippen LogP contribution in [0.5, 0.6) is 5.75 Å². The lowest BCUT2D eigenvalue weighted by Gasteiger charge is -2.34. The smallest absolute Gasteiger partial charge is 0.272 e. The van der Waals surface area contributed by atoms with Gasteiger partial charge in [0.15, 0.2) is 0 Å². The predicted molar refractivity (Wildman–Crippen MR) is 83.3 cm³/mol. The Morgan fingerprint density at radius 2 is 2.09 bits per heavy atom. The molecule has 1 unspecified atom stereocenters. The number of hydrogen-bond acceptors (Lipinski definition) is 4. The van der Waals surface area contributed by atoms with Gasteiger partial charge in [-0.05, 0) is 24.6 Å². The molecular formula is C17H19N3O3. The number of aromatic nitrogens is 2. The van der Waals surface area contributed by atoms with Crippen molar-refractivity contribution in [3.8, 4) is 5.75 Å². The minimum absolute atomic E-state index is 0.0326. The fourth-order valence-corrected chi connectivity index (χ4v) is 2.88. The van der Waals surface area contributed by atoms with Crippen LogP contribution < -0.4 is 4.74 Å². The monoisotopic (exact) mass is 313 g/mol. The van der Waals surface area contributed by atoms with Crippen molar-refractivity contribution in [1.82, 2.24) is 14.7 Å². The molecule has 0 saturated carbocycles. The topological polar surface area (TPSA) is 56.6 Å². The highest BCUT2D eigenvalue weighted by Gasteiger charge is 2.30. The number of amides is 1. The summed E-state index contributed by atoms with van der Waals surface area (Å²) in [5, 5.41) is 4.48. The van der Waals surface area contributed by atoms with Gasteiger partial charge in [0, 0.05) is 19.7 Å². The van der Waals surface area contributed by atoms with Gasteiger partial charge in [-0.1, -0.05) is 18.2 Å². The molecule has 1 aromatic heterocycles. The number of hydrogen-bond donors (Lipinski definition) is 0. The van der Waals surface area contributed by atoms with Crippen LogP contribution in [0.4, 0.5) is 0 Å².